The fourth-order valence-corrected chi connectivity index (χ4v) is 2.47. The number of rotatable bonds is 5. The lowest BCUT2D eigenvalue weighted by Crippen LogP contribution is -2.50. The summed E-state index contributed by atoms with van der Waals surface area (Å²) in [5, 5.41) is 0. The number of likely N-dealkylation sites (tertiary alicyclic amines) is 1. The first kappa shape index (κ1) is 12.9. The van der Waals surface area contributed by atoms with Crippen LogP contribution in [0.3, 0.4) is 0 Å². The van der Waals surface area contributed by atoms with Crippen molar-refractivity contribution in [3.63, 3.8) is 0 Å². The second-order valence-electron chi connectivity index (χ2n) is 3.78. The Bertz CT molecular complexity index is 281. The van der Waals surface area contributed by atoms with Crippen LogP contribution in [0, 0.1) is 0 Å². The molecule has 0 aromatic rings. The summed E-state index contributed by atoms with van der Waals surface area (Å²) in [5.74, 6) is 0. The van der Waals surface area contributed by atoms with Crippen molar-refractivity contribution in [2.24, 2.45) is 5.73 Å². The quantitative estimate of drug-likeness (QED) is 0.562. The minimum Gasteiger partial charge on any atom is -0.330 e. The van der Waals surface area contributed by atoms with Gasteiger partial charge in [-0.15, -0.1) is 0 Å². The van der Waals surface area contributed by atoms with Gasteiger partial charge in [0.1, 0.15) is 0 Å². The van der Waals surface area contributed by atoms with Crippen LogP contribution >= 0.6 is 0 Å². The van der Waals surface area contributed by atoms with Crippen molar-refractivity contribution in [2.45, 2.75) is 31.8 Å². The molecule has 0 aliphatic carbocycles. The van der Waals surface area contributed by atoms with E-state index in [0.717, 1.165) is 38.8 Å². The Morgan fingerprint density at radius 1 is 1.47 bits per heavy atom. The number of hydrogen-bond donors (Lipinski definition) is 3. The normalized spacial score (nSPS) is 24.3. The number of nitrogens with two attached hydrogens (primary N) is 1. The highest BCUT2D eigenvalue weighted by Gasteiger charge is 2.24. The molecule has 1 saturated heterocycles. The first-order valence-corrected chi connectivity index (χ1v) is 6.66. The zero-order valence-electron chi connectivity index (χ0n) is 8.72. The summed E-state index contributed by atoms with van der Waals surface area (Å²) < 4.78 is 32.4. The van der Waals surface area contributed by atoms with Crippen molar-refractivity contribution < 1.29 is 13.0 Å². The van der Waals surface area contributed by atoms with E-state index in [1.165, 1.54) is 0 Å². The molecule has 1 heterocycles. The highest BCUT2D eigenvalue weighted by molar-refractivity contribution is 7.83. The summed E-state index contributed by atoms with van der Waals surface area (Å²) in [6.45, 7) is 2.21. The number of nitrogens with one attached hydrogen (secondary N) is 1. The van der Waals surface area contributed by atoms with E-state index in [0.29, 0.717) is 6.54 Å². The Balaban J connectivity index is 2.49. The molecule has 1 rings (SSSR count). The van der Waals surface area contributed by atoms with Gasteiger partial charge in [0.2, 0.25) is 0 Å². The Hall–Kier alpha value is -0.210. The van der Waals surface area contributed by atoms with Crippen molar-refractivity contribution in [2.75, 3.05) is 19.6 Å². The zero-order valence-corrected chi connectivity index (χ0v) is 9.54. The van der Waals surface area contributed by atoms with Gasteiger partial charge in [0.05, 0.1) is 6.17 Å². The summed E-state index contributed by atoms with van der Waals surface area (Å²) in [5.41, 5.74) is 5.40. The lowest BCUT2D eigenvalue weighted by molar-refractivity contribution is 0.136. The molecular formula is C8H19N3O3S. The second-order valence-corrected chi connectivity index (χ2v) is 4.97. The third-order valence-corrected chi connectivity index (χ3v) is 3.12. The minimum atomic E-state index is -4.10. The van der Waals surface area contributed by atoms with Crippen LogP contribution < -0.4 is 10.5 Å². The molecule has 0 aromatic heterocycles. The van der Waals surface area contributed by atoms with Crippen LogP contribution in [0.1, 0.15) is 25.7 Å². The zero-order chi connectivity index (χ0) is 11.3. The second kappa shape index (κ2) is 5.76. The minimum absolute atomic E-state index is 0.278. The molecule has 1 fully saturated rings. The van der Waals surface area contributed by atoms with E-state index >= 15 is 0 Å². The van der Waals surface area contributed by atoms with Gasteiger partial charge >= 0.3 is 10.3 Å². The van der Waals surface area contributed by atoms with Gasteiger partial charge in [0.25, 0.3) is 0 Å². The first-order chi connectivity index (χ1) is 7.03. The van der Waals surface area contributed by atoms with E-state index in [1.807, 2.05) is 4.90 Å². The van der Waals surface area contributed by atoms with Gasteiger partial charge in [-0.05, 0) is 38.8 Å². The molecule has 0 saturated carbocycles. The number of hydrogen-bond acceptors (Lipinski definition) is 4. The summed E-state index contributed by atoms with van der Waals surface area (Å²) in [6.07, 6.45) is 3.34. The molecule has 0 bridgehead atoms. The average molecular weight is 237 g/mol. The molecule has 1 aliphatic rings. The average Bonchev–Trinajstić information content (AvgIpc) is 2.14. The monoisotopic (exact) mass is 237 g/mol. The lowest BCUT2D eigenvalue weighted by atomic mass is 10.1. The highest BCUT2D eigenvalue weighted by atomic mass is 32.2. The van der Waals surface area contributed by atoms with E-state index in [1.54, 1.807) is 0 Å². The predicted octanol–water partition coefficient (Wildman–Crippen LogP) is -0.460. The number of piperidine rings is 1. The van der Waals surface area contributed by atoms with Gasteiger partial charge in [-0.1, -0.05) is 0 Å². The molecular weight excluding hydrogens is 218 g/mol. The Morgan fingerprint density at radius 3 is 2.80 bits per heavy atom. The van der Waals surface area contributed by atoms with E-state index in [2.05, 4.69) is 4.72 Å². The molecule has 0 spiro atoms. The summed E-state index contributed by atoms with van der Waals surface area (Å²) in [6, 6.07) is 0. The molecule has 7 heteroatoms. The smallest absolute Gasteiger partial charge is 0.330 e. The molecule has 6 nitrogen and oxygen atoms in total. The topological polar surface area (TPSA) is 95.7 Å². The molecule has 0 amide bonds. The van der Waals surface area contributed by atoms with Crippen LogP contribution in [0.25, 0.3) is 0 Å². The summed E-state index contributed by atoms with van der Waals surface area (Å²) >= 11 is 0. The molecule has 1 unspecified atom stereocenters. The van der Waals surface area contributed by atoms with Gasteiger partial charge < -0.3 is 5.73 Å². The molecule has 0 aromatic carbocycles. The van der Waals surface area contributed by atoms with Crippen LogP contribution in [-0.2, 0) is 10.3 Å². The molecule has 0 radical (unpaired) electrons. The van der Waals surface area contributed by atoms with Crippen molar-refractivity contribution in [1.29, 1.82) is 0 Å². The van der Waals surface area contributed by atoms with Crippen molar-refractivity contribution in [3.8, 4) is 0 Å². The summed E-state index contributed by atoms with van der Waals surface area (Å²) in [7, 11) is -4.10. The largest absolute Gasteiger partial charge is 0.334 e. The van der Waals surface area contributed by atoms with Crippen molar-refractivity contribution in [1.82, 2.24) is 9.62 Å². The Labute approximate surface area is 90.7 Å². The fraction of sp³-hybridized carbons (Fsp3) is 1.00. The van der Waals surface area contributed by atoms with Gasteiger partial charge in [-0.3, -0.25) is 9.45 Å². The van der Waals surface area contributed by atoms with Crippen LogP contribution in [0.2, 0.25) is 0 Å². The van der Waals surface area contributed by atoms with E-state index in [4.69, 9.17) is 10.3 Å². The molecule has 1 aliphatic heterocycles. The van der Waals surface area contributed by atoms with Gasteiger partial charge in [0, 0.05) is 6.54 Å². The van der Waals surface area contributed by atoms with E-state index in [-0.39, 0.29) is 6.17 Å². The van der Waals surface area contributed by atoms with Crippen LogP contribution in [0.15, 0.2) is 0 Å². The van der Waals surface area contributed by atoms with Gasteiger partial charge in [0.15, 0.2) is 0 Å². The SMILES string of the molecule is NCCCN1CCCCC1NS(=O)(=O)O. The van der Waals surface area contributed by atoms with Crippen LogP contribution in [0.5, 0.6) is 0 Å². The van der Waals surface area contributed by atoms with Crippen molar-refractivity contribution >= 4 is 10.3 Å². The third-order valence-electron chi connectivity index (χ3n) is 2.55. The third kappa shape index (κ3) is 4.89. The standard InChI is InChI=1S/C8H19N3O3S/c9-5-3-7-11-6-2-1-4-8(11)10-15(12,13)14/h8,10H,1-7,9H2,(H,12,13,14). The Morgan fingerprint density at radius 2 is 2.20 bits per heavy atom. The van der Waals surface area contributed by atoms with Crippen LogP contribution in [-0.4, -0.2) is 43.7 Å². The first-order valence-electron chi connectivity index (χ1n) is 5.22. The Kier molecular flexibility index (Phi) is 4.94. The van der Waals surface area contributed by atoms with Gasteiger partial charge in [-0.2, -0.15) is 13.1 Å². The van der Waals surface area contributed by atoms with Crippen molar-refractivity contribution in [3.05, 3.63) is 0 Å². The van der Waals surface area contributed by atoms with E-state index < -0.39 is 10.3 Å². The van der Waals surface area contributed by atoms with Crippen LogP contribution in [0.4, 0.5) is 0 Å². The molecule has 90 valence electrons. The maximum Gasteiger partial charge on any atom is 0.334 e. The molecule has 15 heavy (non-hydrogen) atoms. The lowest BCUT2D eigenvalue weighted by Gasteiger charge is -2.35. The predicted molar refractivity (Wildman–Crippen MR) is 57.6 cm³/mol. The fourth-order valence-electron chi connectivity index (χ4n) is 1.86. The van der Waals surface area contributed by atoms with Gasteiger partial charge in [-0.25, -0.2) is 0 Å². The number of nitrogens with zero attached hydrogens (tertiary/aromatic N) is 1. The molecule has 4 N–H and O–H groups in total. The molecule has 1 atom stereocenters. The highest BCUT2D eigenvalue weighted by Crippen LogP contribution is 2.15. The summed E-state index contributed by atoms with van der Waals surface area (Å²) in [4.78, 5) is 2.02. The van der Waals surface area contributed by atoms with E-state index in [9.17, 15) is 8.42 Å². The maximum absolute atomic E-state index is 10.7. The maximum atomic E-state index is 10.7.